The predicted octanol–water partition coefficient (Wildman–Crippen LogP) is 1.52. The van der Waals surface area contributed by atoms with Crippen LogP contribution in [0.4, 0.5) is 0 Å². The van der Waals surface area contributed by atoms with Crippen molar-refractivity contribution in [2.24, 2.45) is 0 Å². The standard InChI is InChI=1S/C14H26N2O2/c1-6-18-13(17)12(2)10-16(5)11-14(15(3)4)8-7-9-14/h2,6-11H2,1,3-5H3. The minimum atomic E-state index is -0.281. The monoisotopic (exact) mass is 254 g/mol. The van der Waals surface area contributed by atoms with Crippen molar-refractivity contribution in [3.05, 3.63) is 12.2 Å². The smallest absolute Gasteiger partial charge is 0.334 e. The van der Waals surface area contributed by atoms with Crippen LogP contribution in [0.2, 0.25) is 0 Å². The summed E-state index contributed by atoms with van der Waals surface area (Å²) in [7, 11) is 6.30. The fraction of sp³-hybridized carbons (Fsp3) is 0.786. The molecule has 0 amide bonds. The van der Waals surface area contributed by atoms with E-state index in [0.29, 0.717) is 18.7 Å². The molecule has 104 valence electrons. The minimum absolute atomic E-state index is 0.281. The highest BCUT2D eigenvalue weighted by molar-refractivity contribution is 5.88. The van der Waals surface area contributed by atoms with Crippen molar-refractivity contribution in [3.63, 3.8) is 0 Å². The Kier molecular flexibility index (Phi) is 5.35. The second-order valence-electron chi connectivity index (χ2n) is 5.47. The van der Waals surface area contributed by atoms with E-state index in [1.165, 1.54) is 19.3 Å². The minimum Gasteiger partial charge on any atom is -0.463 e. The van der Waals surface area contributed by atoms with Crippen molar-refractivity contribution in [2.45, 2.75) is 31.7 Å². The molecular formula is C14H26N2O2. The maximum atomic E-state index is 11.5. The molecule has 0 atom stereocenters. The van der Waals surface area contributed by atoms with Gasteiger partial charge in [0, 0.05) is 24.2 Å². The fourth-order valence-corrected chi connectivity index (χ4v) is 2.51. The average Bonchev–Trinajstić information content (AvgIpc) is 2.23. The van der Waals surface area contributed by atoms with Gasteiger partial charge in [0.2, 0.25) is 0 Å². The molecule has 1 aliphatic rings. The van der Waals surface area contributed by atoms with E-state index in [0.717, 1.165) is 6.54 Å². The molecule has 18 heavy (non-hydrogen) atoms. The van der Waals surface area contributed by atoms with E-state index in [4.69, 9.17) is 4.74 Å². The Labute approximate surface area is 111 Å². The zero-order valence-corrected chi connectivity index (χ0v) is 12.2. The molecule has 0 aromatic carbocycles. The van der Waals surface area contributed by atoms with Crippen LogP contribution in [0.5, 0.6) is 0 Å². The zero-order valence-electron chi connectivity index (χ0n) is 12.2. The van der Waals surface area contributed by atoms with Crippen molar-refractivity contribution in [1.29, 1.82) is 0 Å². The van der Waals surface area contributed by atoms with Gasteiger partial charge in [-0.05, 0) is 47.3 Å². The summed E-state index contributed by atoms with van der Waals surface area (Å²) in [5.74, 6) is -0.281. The molecule has 4 heteroatoms. The van der Waals surface area contributed by atoms with Crippen LogP contribution in [-0.4, -0.2) is 62.1 Å². The molecular weight excluding hydrogens is 228 g/mol. The normalized spacial score (nSPS) is 17.7. The van der Waals surface area contributed by atoms with Crippen LogP contribution in [0, 0.1) is 0 Å². The van der Waals surface area contributed by atoms with E-state index < -0.39 is 0 Å². The number of likely N-dealkylation sites (N-methyl/N-ethyl adjacent to an activating group) is 2. The molecule has 0 bridgehead atoms. The summed E-state index contributed by atoms with van der Waals surface area (Å²) in [5, 5.41) is 0. The Bertz CT molecular complexity index is 309. The van der Waals surface area contributed by atoms with Gasteiger partial charge < -0.3 is 14.5 Å². The molecule has 0 aliphatic heterocycles. The molecule has 0 N–H and O–H groups in total. The molecule has 0 saturated heterocycles. The van der Waals surface area contributed by atoms with Gasteiger partial charge in [-0.15, -0.1) is 0 Å². The summed E-state index contributed by atoms with van der Waals surface area (Å²) in [6.07, 6.45) is 3.76. The quantitative estimate of drug-likeness (QED) is 0.509. The second kappa shape index (κ2) is 6.34. The lowest BCUT2D eigenvalue weighted by Gasteiger charge is -2.49. The Morgan fingerprint density at radius 2 is 1.94 bits per heavy atom. The molecule has 0 radical (unpaired) electrons. The highest BCUT2D eigenvalue weighted by atomic mass is 16.5. The highest BCUT2D eigenvalue weighted by Gasteiger charge is 2.39. The van der Waals surface area contributed by atoms with Gasteiger partial charge in [0.05, 0.1) is 6.61 Å². The first-order valence-electron chi connectivity index (χ1n) is 6.62. The molecule has 0 spiro atoms. The second-order valence-corrected chi connectivity index (χ2v) is 5.47. The van der Waals surface area contributed by atoms with Gasteiger partial charge in [-0.25, -0.2) is 4.79 Å². The largest absolute Gasteiger partial charge is 0.463 e. The maximum Gasteiger partial charge on any atom is 0.334 e. The molecule has 4 nitrogen and oxygen atoms in total. The molecule has 0 unspecified atom stereocenters. The highest BCUT2D eigenvalue weighted by Crippen LogP contribution is 2.36. The fourth-order valence-electron chi connectivity index (χ4n) is 2.51. The number of carbonyl (C=O) groups excluding carboxylic acids is 1. The van der Waals surface area contributed by atoms with Gasteiger partial charge in [0.15, 0.2) is 0 Å². The van der Waals surface area contributed by atoms with Crippen molar-refractivity contribution >= 4 is 5.97 Å². The third-order valence-corrected chi connectivity index (χ3v) is 3.82. The molecule has 0 heterocycles. The first-order valence-corrected chi connectivity index (χ1v) is 6.62. The molecule has 1 saturated carbocycles. The van der Waals surface area contributed by atoms with E-state index >= 15 is 0 Å². The van der Waals surface area contributed by atoms with Gasteiger partial charge in [-0.2, -0.15) is 0 Å². The number of hydrogen-bond acceptors (Lipinski definition) is 4. The van der Waals surface area contributed by atoms with Crippen LogP contribution in [0.1, 0.15) is 26.2 Å². The van der Waals surface area contributed by atoms with E-state index in [2.05, 4.69) is 30.5 Å². The topological polar surface area (TPSA) is 32.8 Å². The van der Waals surface area contributed by atoms with Gasteiger partial charge in [-0.1, -0.05) is 6.58 Å². The predicted molar refractivity (Wildman–Crippen MR) is 73.5 cm³/mol. The Hall–Kier alpha value is -0.870. The summed E-state index contributed by atoms with van der Waals surface area (Å²) in [6.45, 7) is 7.57. The van der Waals surface area contributed by atoms with Crippen LogP contribution in [-0.2, 0) is 9.53 Å². The van der Waals surface area contributed by atoms with Crippen LogP contribution < -0.4 is 0 Å². The first kappa shape index (κ1) is 15.2. The number of rotatable bonds is 7. The maximum absolute atomic E-state index is 11.5. The zero-order chi connectivity index (χ0) is 13.8. The van der Waals surface area contributed by atoms with Crippen LogP contribution in [0.25, 0.3) is 0 Å². The first-order chi connectivity index (χ1) is 8.41. The number of hydrogen-bond donors (Lipinski definition) is 0. The van der Waals surface area contributed by atoms with Crippen molar-refractivity contribution in [1.82, 2.24) is 9.80 Å². The van der Waals surface area contributed by atoms with Crippen LogP contribution in [0.3, 0.4) is 0 Å². The molecule has 1 rings (SSSR count). The van der Waals surface area contributed by atoms with Crippen molar-refractivity contribution in [3.8, 4) is 0 Å². The summed E-state index contributed by atoms with van der Waals surface area (Å²) >= 11 is 0. The van der Waals surface area contributed by atoms with Crippen LogP contribution in [0.15, 0.2) is 12.2 Å². The summed E-state index contributed by atoms with van der Waals surface area (Å²) in [6, 6.07) is 0. The number of esters is 1. The van der Waals surface area contributed by atoms with E-state index in [1.807, 2.05) is 14.0 Å². The van der Waals surface area contributed by atoms with Crippen LogP contribution >= 0.6 is 0 Å². The van der Waals surface area contributed by atoms with Gasteiger partial charge in [0.1, 0.15) is 0 Å². The summed E-state index contributed by atoms with van der Waals surface area (Å²) in [4.78, 5) is 16.0. The molecule has 0 aromatic rings. The summed E-state index contributed by atoms with van der Waals surface area (Å²) in [5.41, 5.74) is 0.816. The molecule has 1 aliphatic carbocycles. The lowest BCUT2D eigenvalue weighted by Crippen LogP contribution is -2.56. The Balaban J connectivity index is 2.43. The Morgan fingerprint density at radius 3 is 2.33 bits per heavy atom. The summed E-state index contributed by atoms with van der Waals surface area (Å²) < 4.78 is 4.95. The number of carbonyl (C=O) groups is 1. The average molecular weight is 254 g/mol. The van der Waals surface area contributed by atoms with E-state index in [-0.39, 0.29) is 11.5 Å². The third kappa shape index (κ3) is 3.56. The van der Waals surface area contributed by atoms with Gasteiger partial charge in [-0.3, -0.25) is 0 Å². The molecule has 0 aromatic heterocycles. The van der Waals surface area contributed by atoms with Gasteiger partial charge >= 0.3 is 5.97 Å². The van der Waals surface area contributed by atoms with Crippen molar-refractivity contribution in [2.75, 3.05) is 40.8 Å². The SMILES string of the molecule is C=C(CN(C)CC1(N(C)C)CCC1)C(=O)OCC. The lowest BCUT2D eigenvalue weighted by molar-refractivity contribution is -0.138. The number of ether oxygens (including phenoxy) is 1. The van der Waals surface area contributed by atoms with E-state index in [9.17, 15) is 4.79 Å². The third-order valence-electron chi connectivity index (χ3n) is 3.82. The number of nitrogens with zero attached hydrogens (tertiary/aromatic N) is 2. The van der Waals surface area contributed by atoms with Crippen molar-refractivity contribution < 1.29 is 9.53 Å². The van der Waals surface area contributed by atoms with Gasteiger partial charge in [0.25, 0.3) is 0 Å². The Morgan fingerprint density at radius 1 is 1.33 bits per heavy atom. The molecule has 1 fully saturated rings. The van der Waals surface area contributed by atoms with E-state index in [1.54, 1.807) is 0 Å². The lowest BCUT2D eigenvalue weighted by atomic mass is 9.75.